The number of hydrogen-bond donors (Lipinski definition) is 1. The zero-order valence-corrected chi connectivity index (χ0v) is 9.31. The fraction of sp³-hybridized carbons (Fsp3) is 0.273. The fourth-order valence-corrected chi connectivity index (χ4v) is 1.30. The summed E-state index contributed by atoms with van der Waals surface area (Å²) in [6, 6.07) is 6.32. The van der Waals surface area contributed by atoms with E-state index in [9.17, 15) is 4.39 Å². The van der Waals surface area contributed by atoms with Crippen LogP contribution < -0.4 is 5.32 Å². The van der Waals surface area contributed by atoms with Crippen LogP contribution >= 0.6 is 0 Å². The highest BCUT2D eigenvalue weighted by Crippen LogP contribution is 2.18. The first-order valence-corrected chi connectivity index (χ1v) is 5.12. The van der Waals surface area contributed by atoms with E-state index in [-0.39, 0.29) is 5.82 Å². The third-order valence-corrected chi connectivity index (χ3v) is 2.09. The Morgan fingerprint density at radius 2 is 2.35 bits per heavy atom. The Bertz CT molecular complexity index is 487. The summed E-state index contributed by atoms with van der Waals surface area (Å²) < 4.78 is 22.8. The van der Waals surface area contributed by atoms with Crippen molar-refractivity contribution in [1.82, 2.24) is 10.1 Å². The molecule has 2 aromatic rings. The van der Waals surface area contributed by atoms with Crippen molar-refractivity contribution < 1.29 is 13.7 Å². The topological polar surface area (TPSA) is 60.2 Å². The van der Waals surface area contributed by atoms with Crippen molar-refractivity contribution in [3.8, 4) is 11.4 Å². The highest BCUT2D eigenvalue weighted by Gasteiger charge is 2.08. The lowest BCUT2D eigenvalue weighted by Gasteiger charge is -1.97. The van der Waals surface area contributed by atoms with E-state index in [2.05, 4.69) is 15.5 Å². The van der Waals surface area contributed by atoms with Crippen LogP contribution in [0.4, 0.5) is 10.4 Å². The molecule has 0 bridgehead atoms. The van der Waals surface area contributed by atoms with Crippen molar-refractivity contribution >= 4 is 6.01 Å². The number of methoxy groups -OCH3 is 1. The molecule has 0 amide bonds. The zero-order valence-electron chi connectivity index (χ0n) is 9.31. The van der Waals surface area contributed by atoms with Gasteiger partial charge in [-0.2, -0.15) is 4.98 Å². The number of aromatic nitrogens is 2. The Morgan fingerprint density at radius 3 is 3.12 bits per heavy atom. The summed E-state index contributed by atoms with van der Waals surface area (Å²) in [6.07, 6.45) is 0. The minimum atomic E-state index is -0.332. The first-order valence-electron chi connectivity index (χ1n) is 5.12. The molecule has 0 radical (unpaired) electrons. The second kappa shape index (κ2) is 5.40. The Morgan fingerprint density at radius 1 is 1.47 bits per heavy atom. The van der Waals surface area contributed by atoms with E-state index in [0.29, 0.717) is 30.6 Å². The van der Waals surface area contributed by atoms with Gasteiger partial charge in [-0.05, 0) is 12.1 Å². The molecule has 0 aliphatic carbocycles. The lowest BCUT2D eigenvalue weighted by Crippen LogP contribution is -2.07. The molecular formula is C11H12FN3O2. The van der Waals surface area contributed by atoms with Crippen molar-refractivity contribution in [2.75, 3.05) is 25.6 Å². The maximum atomic E-state index is 13.0. The highest BCUT2D eigenvalue weighted by molar-refractivity contribution is 5.55. The van der Waals surface area contributed by atoms with Gasteiger partial charge in [-0.15, -0.1) is 0 Å². The molecule has 1 aromatic carbocycles. The van der Waals surface area contributed by atoms with Crippen LogP contribution in [0.3, 0.4) is 0 Å². The van der Waals surface area contributed by atoms with E-state index < -0.39 is 0 Å². The van der Waals surface area contributed by atoms with Gasteiger partial charge >= 0.3 is 6.01 Å². The summed E-state index contributed by atoms with van der Waals surface area (Å²) >= 11 is 0. The molecule has 1 aromatic heterocycles. The number of halogens is 1. The normalized spacial score (nSPS) is 10.5. The molecule has 0 saturated heterocycles. The molecule has 17 heavy (non-hydrogen) atoms. The van der Waals surface area contributed by atoms with Gasteiger partial charge in [0, 0.05) is 19.2 Å². The van der Waals surface area contributed by atoms with Gasteiger partial charge in [0.1, 0.15) is 5.82 Å². The molecule has 90 valence electrons. The van der Waals surface area contributed by atoms with Gasteiger partial charge in [0.25, 0.3) is 0 Å². The summed E-state index contributed by atoms with van der Waals surface area (Å²) in [5.74, 6) is 0.0191. The van der Waals surface area contributed by atoms with Crippen LogP contribution in [0.5, 0.6) is 0 Å². The zero-order chi connectivity index (χ0) is 12.1. The fourth-order valence-electron chi connectivity index (χ4n) is 1.30. The maximum Gasteiger partial charge on any atom is 0.321 e. The Labute approximate surface area is 97.6 Å². The van der Waals surface area contributed by atoms with Crippen LogP contribution in [0.25, 0.3) is 11.4 Å². The molecule has 0 fully saturated rings. The second-order valence-electron chi connectivity index (χ2n) is 3.35. The summed E-state index contributed by atoms with van der Waals surface area (Å²) in [6.45, 7) is 1.11. The largest absolute Gasteiger partial charge is 0.383 e. The number of nitrogens with one attached hydrogen (secondary N) is 1. The second-order valence-corrected chi connectivity index (χ2v) is 3.35. The average molecular weight is 237 g/mol. The molecule has 1 N–H and O–H groups in total. The first kappa shape index (κ1) is 11.5. The highest BCUT2D eigenvalue weighted by atomic mass is 19.1. The number of ether oxygens (including phenoxy) is 1. The van der Waals surface area contributed by atoms with Crippen molar-refractivity contribution in [3.05, 3.63) is 30.1 Å². The van der Waals surface area contributed by atoms with Crippen LogP contribution in [0.15, 0.2) is 28.8 Å². The van der Waals surface area contributed by atoms with Gasteiger partial charge in [-0.3, -0.25) is 0 Å². The molecule has 5 nitrogen and oxygen atoms in total. The van der Waals surface area contributed by atoms with Gasteiger partial charge in [0.2, 0.25) is 5.82 Å². The Hall–Kier alpha value is -1.95. The van der Waals surface area contributed by atoms with Crippen molar-refractivity contribution in [2.24, 2.45) is 0 Å². The number of anilines is 1. The number of hydrogen-bond acceptors (Lipinski definition) is 5. The molecule has 6 heteroatoms. The SMILES string of the molecule is COCCNc1nc(-c2cccc(F)c2)no1. The Balaban J connectivity index is 2.07. The van der Waals surface area contributed by atoms with E-state index in [0.717, 1.165) is 0 Å². The van der Waals surface area contributed by atoms with Crippen LogP contribution in [0.2, 0.25) is 0 Å². The van der Waals surface area contributed by atoms with Gasteiger partial charge in [0.05, 0.1) is 6.61 Å². The predicted octanol–water partition coefficient (Wildman–Crippen LogP) is 1.93. The minimum absolute atomic E-state index is 0.293. The number of benzene rings is 1. The minimum Gasteiger partial charge on any atom is -0.383 e. The van der Waals surface area contributed by atoms with Crippen molar-refractivity contribution in [3.63, 3.8) is 0 Å². The summed E-state index contributed by atoms with van der Waals surface area (Å²) in [4.78, 5) is 4.08. The first-order chi connectivity index (χ1) is 8.29. The van der Waals surface area contributed by atoms with Crippen molar-refractivity contribution in [2.45, 2.75) is 0 Å². The van der Waals surface area contributed by atoms with Crippen LogP contribution in [-0.2, 0) is 4.74 Å². The molecule has 0 aliphatic rings. The third kappa shape index (κ3) is 3.01. The average Bonchev–Trinajstić information content (AvgIpc) is 2.78. The standard InChI is InChI=1S/C11H12FN3O2/c1-16-6-5-13-11-14-10(15-17-11)8-3-2-4-9(12)7-8/h2-4,7H,5-6H2,1H3,(H,13,14,15). The summed E-state index contributed by atoms with van der Waals surface area (Å²) in [7, 11) is 1.60. The molecule has 0 atom stereocenters. The van der Waals surface area contributed by atoms with Crippen molar-refractivity contribution in [1.29, 1.82) is 0 Å². The lowest BCUT2D eigenvalue weighted by atomic mass is 10.2. The summed E-state index contributed by atoms with van der Waals surface area (Å²) in [5.41, 5.74) is 0.577. The predicted molar refractivity (Wildman–Crippen MR) is 60.1 cm³/mol. The van der Waals surface area contributed by atoms with Gasteiger partial charge < -0.3 is 14.6 Å². The molecule has 0 spiro atoms. The van der Waals surface area contributed by atoms with Gasteiger partial charge in [-0.25, -0.2) is 4.39 Å². The molecule has 0 unspecified atom stereocenters. The summed E-state index contributed by atoms with van der Waals surface area (Å²) in [5, 5.41) is 6.64. The number of nitrogens with zero attached hydrogens (tertiary/aromatic N) is 2. The number of rotatable bonds is 5. The quantitative estimate of drug-likeness (QED) is 0.805. The lowest BCUT2D eigenvalue weighted by molar-refractivity contribution is 0.210. The van der Waals surface area contributed by atoms with E-state index in [1.54, 1.807) is 19.2 Å². The maximum absolute atomic E-state index is 13.0. The monoisotopic (exact) mass is 237 g/mol. The molecular weight excluding hydrogens is 225 g/mol. The molecule has 2 rings (SSSR count). The van der Waals surface area contributed by atoms with Crippen LogP contribution in [0.1, 0.15) is 0 Å². The molecule has 0 aliphatic heterocycles. The smallest absolute Gasteiger partial charge is 0.321 e. The van der Waals surface area contributed by atoms with E-state index in [1.165, 1.54) is 12.1 Å². The van der Waals surface area contributed by atoms with E-state index in [1.807, 2.05) is 0 Å². The van der Waals surface area contributed by atoms with Gasteiger partial charge in [0.15, 0.2) is 0 Å². The van der Waals surface area contributed by atoms with E-state index >= 15 is 0 Å². The molecule has 1 heterocycles. The molecule has 0 saturated carbocycles. The van der Waals surface area contributed by atoms with Crippen LogP contribution in [0, 0.1) is 5.82 Å². The van der Waals surface area contributed by atoms with Crippen LogP contribution in [-0.4, -0.2) is 30.4 Å². The third-order valence-electron chi connectivity index (χ3n) is 2.09. The van der Waals surface area contributed by atoms with E-state index in [4.69, 9.17) is 9.26 Å². The Kier molecular flexibility index (Phi) is 3.66. The van der Waals surface area contributed by atoms with Gasteiger partial charge in [-0.1, -0.05) is 17.3 Å².